The van der Waals surface area contributed by atoms with Crippen LogP contribution in [0.15, 0.2) is 108 Å². The summed E-state index contributed by atoms with van der Waals surface area (Å²) < 4.78 is 17.4. The Bertz CT molecular complexity index is 1760. The van der Waals surface area contributed by atoms with E-state index in [1.807, 2.05) is 42.5 Å². The molecule has 1 amide bonds. The van der Waals surface area contributed by atoms with Crippen molar-refractivity contribution in [1.82, 2.24) is 0 Å². The average Bonchev–Trinajstić information content (AvgIpc) is 3.47. The van der Waals surface area contributed by atoms with Crippen LogP contribution in [0.2, 0.25) is 5.02 Å². The van der Waals surface area contributed by atoms with Crippen LogP contribution in [0, 0.1) is 17.0 Å². The van der Waals surface area contributed by atoms with E-state index in [0.717, 1.165) is 11.1 Å². The van der Waals surface area contributed by atoms with Crippen LogP contribution in [-0.2, 0) is 12.0 Å². The fourth-order valence-corrected chi connectivity index (χ4v) is 4.81. The quantitative estimate of drug-likeness (QED) is 0.127. The Kier molecular flexibility index (Phi) is 8.50. The monoisotopic (exact) mass is 596 g/mol. The number of nitrogens with one attached hydrogen (secondary N) is 1. The minimum Gasteiger partial charge on any atom is -0.486 e. The number of nitro benzene ring substituents is 1. The van der Waals surface area contributed by atoms with Crippen molar-refractivity contribution in [2.24, 2.45) is 0 Å². The van der Waals surface area contributed by atoms with Gasteiger partial charge in [-0.05, 0) is 66.1 Å². The zero-order valence-electron chi connectivity index (χ0n) is 23.8. The van der Waals surface area contributed by atoms with Gasteiger partial charge in [-0.3, -0.25) is 14.9 Å². The number of amides is 1. The number of furan rings is 1. The molecule has 0 fully saturated rings. The number of nitrogens with zero attached hydrogens (tertiary/aromatic N) is 1. The first-order valence-corrected chi connectivity index (χ1v) is 13.9. The van der Waals surface area contributed by atoms with Crippen LogP contribution in [-0.4, -0.2) is 10.8 Å². The second-order valence-electron chi connectivity index (χ2n) is 10.5. The molecule has 0 radical (unpaired) electrons. The summed E-state index contributed by atoms with van der Waals surface area (Å²) in [6.45, 7) is 6.27. The molecule has 1 aromatic heterocycles. The van der Waals surface area contributed by atoms with Crippen molar-refractivity contribution in [3.63, 3.8) is 0 Å². The van der Waals surface area contributed by atoms with Gasteiger partial charge in [-0.2, -0.15) is 0 Å². The summed E-state index contributed by atoms with van der Waals surface area (Å²) in [5, 5.41) is 14.7. The normalized spacial score (nSPS) is 11.2. The highest BCUT2D eigenvalue weighted by atomic mass is 35.5. The van der Waals surface area contributed by atoms with E-state index in [0.29, 0.717) is 22.3 Å². The lowest BCUT2D eigenvalue weighted by Gasteiger charge is -2.26. The van der Waals surface area contributed by atoms with Gasteiger partial charge in [0.1, 0.15) is 29.6 Å². The fraction of sp³-hybridized carbons (Fsp3) is 0.147. The van der Waals surface area contributed by atoms with E-state index in [1.54, 1.807) is 31.2 Å². The summed E-state index contributed by atoms with van der Waals surface area (Å²) in [6.07, 6.45) is 0. The van der Waals surface area contributed by atoms with Gasteiger partial charge in [-0.15, -0.1) is 0 Å². The van der Waals surface area contributed by atoms with E-state index < -0.39 is 10.8 Å². The number of nitro groups is 1. The topological polar surface area (TPSA) is 104 Å². The standard InChI is InChI=1S/C34H29ClN2O6/c1-22-17-25(35)11-15-31(22)43-30-19-26(18-27(20-30)37(39)40)36-33(38)32-16-14-29(42-32)21-41-28-12-9-24(10-13-28)34(2,3)23-7-5-4-6-8-23/h4-20H,21H2,1-3H3,(H,36,38). The van der Waals surface area contributed by atoms with Crippen LogP contribution in [0.4, 0.5) is 11.4 Å². The number of benzene rings is 4. The zero-order valence-corrected chi connectivity index (χ0v) is 24.6. The number of rotatable bonds is 10. The maximum absolute atomic E-state index is 12.9. The first kappa shape index (κ1) is 29.4. The van der Waals surface area contributed by atoms with Gasteiger partial charge in [0.25, 0.3) is 11.6 Å². The van der Waals surface area contributed by atoms with Gasteiger partial charge in [0, 0.05) is 22.6 Å². The van der Waals surface area contributed by atoms with Crippen molar-refractivity contribution in [3.05, 3.63) is 146 Å². The molecule has 0 aliphatic rings. The van der Waals surface area contributed by atoms with Gasteiger partial charge < -0.3 is 19.2 Å². The molecule has 8 nitrogen and oxygen atoms in total. The predicted octanol–water partition coefficient (Wildman–Crippen LogP) is 9.10. The number of carbonyl (C=O) groups excluding carboxylic acids is 1. The Morgan fingerprint density at radius 3 is 2.33 bits per heavy atom. The Balaban J connectivity index is 1.23. The number of halogens is 1. The third-order valence-electron chi connectivity index (χ3n) is 7.06. The van der Waals surface area contributed by atoms with Crippen LogP contribution >= 0.6 is 11.6 Å². The highest BCUT2D eigenvalue weighted by Crippen LogP contribution is 2.34. The summed E-state index contributed by atoms with van der Waals surface area (Å²) in [6, 6.07) is 30.4. The van der Waals surface area contributed by atoms with Gasteiger partial charge in [-0.25, -0.2) is 0 Å². The van der Waals surface area contributed by atoms with Gasteiger partial charge in [0.15, 0.2) is 5.76 Å². The van der Waals surface area contributed by atoms with Crippen LogP contribution in [0.5, 0.6) is 17.2 Å². The Morgan fingerprint density at radius 2 is 1.63 bits per heavy atom. The largest absolute Gasteiger partial charge is 0.486 e. The molecular formula is C34H29ClN2O6. The summed E-state index contributed by atoms with van der Waals surface area (Å²) >= 11 is 6.01. The summed E-state index contributed by atoms with van der Waals surface area (Å²) in [7, 11) is 0. The third kappa shape index (κ3) is 7.05. The molecule has 43 heavy (non-hydrogen) atoms. The number of carbonyl (C=O) groups is 1. The lowest BCUT2D eigenvalue weighted by molar-refractivity contribution is -0.384. The molecule has 0 aliphatic carbocycles. The highest BCUT2D eigenvalue weighted by Gasteiger charge is 2.23. The lowest BCUT2D eigenvalue weighted by atomic mass is 9.78. The molecule has 9 heteroatoms. The fourth-order valence-electron chi connectivity index (χ4n) is 4.59. The molecule has 5 aromatic rings. The molecule has 0 bridgehead atoms. The average molecular weight is 597 g/mol. The molecule has 218 valence electrons. The van der Waals surface area contributed by atoms with Crippen molar-refractivity contribution in [3.8, 4) is 17.2 Å². The molecule has 0 unspecified atom stereocenters. The number of aryl methyl sites for hydroxylation is 1. The van der Waals surface area contributed by atoms with Crippen molar-refractivity contribution in [1.29, 1.82) is 0 Å². The molecule has 5 rings (SSSR count). The zero-order chi connectivity index (χ0) is 30.6. The SMILES string of the molecule is Cc1cc(Cl)ccc1Oc1cc(NC(=O)c2ccc(COc3ccc(C(C)(C)c4ccccc4)cc3)o2)cc([N+](=O)[O-])c1. The van der Waals surface area contributed by atoms with Crippen molar-refractivity contribution in [2.45, 2.75) is 32.8 Å². The van der Waals surface area contributed by atoms with E-state index in [-0.39, 0.29) is 34.9 Å². The molecule has 0 saturated carbocycles. The molecule has 0 spiro atoms. The van der Waals surface area contributed by atoms with E-state index in [9.17, 15) is 14.9 Å². The molecule has 0 atom stereocenters. The number of hydrogen-bond donors (Lipinski definition) is 1. The van der Waals surface area contributed by atoms with Gasteiger partial charge in [0.05, 0.1) is 16.7 Å². The maximum Gasteiger partial charge on any atom is 0.291 e. The molecule has 4 aromatic carbocycles. The third-order valence-corrected chi connectivity index (χ3v) is 7.30. The lowest BCUT2D eigenvalue weighted by Crippen LogP contribution is -2.18. The van der Waals surface area contributed by atoms with Crippen LogP contribution in [0.25, 0.3) is 0 Å². The minimum atomic E-state index is -0.576. The van der Waals surface area contributed by atoms with Gasteiger partial charge in [0.2, 0.25) is 0 Å². The highest BCUT2D eigenvalue weighted by molar-refractivity contribution is 6.30. The second-order valence-corrected chi connectivity index (χ2v) is 10.9. The van der Waals surface area contributed by atoms with Crippen molar-refractivity contribution < 1.29 is 23.6 Å². The summed E-state index contributed by atoms with van der Waals surface area (Å²) in [5.41, 5.74) is 2.89. The first-order chi connectivity index (χ1) is 20.6. The summed E-state index contributed by atoms with van der Waals surface area (Å²) in [4.78, 5) is 23.9. The van der Waals surface area contributed by atoms with Gasteiger partial charge in [-0.1, -0.05) is 67.9 Å². The predicted molar refractivity (Wildman–Crippen MR) is 165 cm³/mol. The van der Waals surface area contributed by atoms with Gasteiger partial charge >= 0.3 is 0 Å². The number of hydrogen-bond acceptors (Lipinski definition) is 6. The van der Waals surface area contributed by atoms with Crippen molar-refractivity contribution >= 4 is 28.9 Å². The first-order valence-electron chi connectivity index (χ1n) is 13.5. The molecule has 1 heterocycles. The van der Waals surface area contributed by atoms with E-state index in [1.165, 1.54) is 29.8 Å². The van der Waals surface area contributed by atoms with E-state index in [4.69, 9.17) is 25.5 Å². The van der Waals surface area contributed by atoms with Crippen LogP contribution < -0.4 is 14.8 Å². The Hall–Kier alpha value is -5.08. The number of non-ortho nitro benzene ring substituents is 1. The summed E-state index contributed by atoms with van der Waals surface area (Å²) in [5.74, 6) is 1.22. The Labute approximate surface area is 254 Å². The minimum absolute atomic E-state index is 0.0288. The van der Waals surface area contributed by atoms with E-state index >= 15 is 0 Å². The number of anilines is 1. The van der Waals surface area contributed by atoms with Crippen LogP contribution in [0.3, 0.4) is 0 Å². The molecular weight excluding hydrogens is 568 g/mol. The smallest absolute Gasteiger partial charge is 0.291 e. The van der Waals surface area contributed by atoms with Crippen molar-refractivity contribution in [2.75, 3.05) is 5.32 Å². The van der Waals surface area contributed by atoms with Crippen LogP contribution in [0.1, 0.15) is 46.9 Å². The molecule has 1 N–H and O–H groups in total. The second kappa shape index (κ2) is 12.4. The molecule has 0 aliphatic heterocycles. The molecule has 0 saturated heterocycles. The Morgan fingerprint density at radius 1 is 0.907 bits per heavy atom. The maximum atomic E-state index is 12.9. The van der Waals surface area contributed by atoms with E-state index in [2.05, 4.69) is 31.3 Å². The number of ether oxygens (including phenoxy) is 2.